The number of carbonyl (C=O) groups excluding carboxylic acids is 1. The van der Waals surface area contributed by atoms with Gasteiger partial charge in [0.1, 0.15) is 0 Å². The summed E-state index contributed by atoms with van der Waals surface area (Å²) in [6, 6.07) is 7.97. The van der Waals surface area contributed by atoms with Gasteiger partial charge in [0.15, 0.2) is 0 Å². The lowest BCUT2D eigenvalue weighted by Gasteiger charge is -2.27. The first-order valence-corrected chi connectivity index (χ1v) is 8.04. The Labute approximate surface area is 141 Å². The molecule has 1 atom stereocenters. The Kier molecular flexibility index (Phi) is 7.17. The molecule has 118 valence electrons. The van der Waals surface area contributed by atoms with E-state index in [1.54, 1.807) is 0 Å². The van der Waals surface area contributed by atoms with Gasteiger partial charge in [0.2, 0.25) is 5.91 Å². The fourth-order valence-electron chi connectivity index (χ4n) is 2.56. The van der Waals surface area contributed by atoms with Crippen LogP contribution in [0.5, 0.6) is 0 Å². The van der Waals surface area contributed by atoms with E-state index in [0.29, 0.717) is 5.92 Å². The molecule has 1 aromatic rings. The van der Waals surface area contributed by atoms with E-state index in [2.05, 4.69) is 26.6 Å². The summed E-state index contributed by atoms with van der Waals surface area (Å²) in [6.45, 7) is 6.83. The average molecular weight is 376 g/mol. The molecule has 0 aliphatic carbocycles. The lowest BCUT2D eigenvalue weighted by molar-refractivity contribution is -0.125. The fourth-order valence-corrected chi connectivity index (χ4v) is 2.96. The summed E-state index contributed by atoms with van der Waals surface area (Å²) in [7, 11) is 0. The topological polar surface area (TPSA) is 41.1 Å². The van der Waals surface area contributed by atoms with E-state index in [1.165, 1.54) is 12.8 Å². The van der Waals surface area contributed by atoms with Crippen molar-refractivity contribution in [3.8, 4) is 0 Å². The van der Waals surface area contributed by atoms with E-state index >= 15 is 0 Å². The van der Waals surface area contributed by atoms with Crippen LogP contribution in [-0.2, 0) is 10.2 Å². The van der Waals surface area contributed by atoms with Crippen molar-refractivity contribution < 1.29 is 4.79 Å². The molecule has 1 aliphatic rings. The maximum atomic E-state index is 12.5. The van der Waals surface area contributed by atoms with Gasteiger partial charge >= 0.3 is 0 Å². The van der Waals surface area contributed by atoms with Crippen LogP contribution in [0.25, 0.3) is 0 Å². The van der Waals surface area contributed by atoms with E-state index in [-0.39, 0.29) is 18.3 Å². The van der Waals surface area contributed by atoms with Gasteiger partial charge in [0.05, 0.1) is 5.41 Å². The number of nitrogens with one attached hydrogen (secondary N) is 2. The molecule has 0 radical (unpaired) electrons. The molecular weight excluding hydrogens is 352 g/mol. The maximum absolute atomic E-state index is 12.5. The van der Waals surface area contributed by atoms with Gasteiger partial charge in [0, 0.05) is 11.0 Å². The number of piperidine rings is 1. The van der Waals surface area contributed by atoms with E-state index < -0.39 is 5.41 Å². The number of hydrogen-bond donors (Lipinski definition) is 2. The second-order valence-electron chi connectivity index (χ2n) is 6.06. The monoisotopic (exact) mass is 374 g/mol. The first-order valence-electron chi connectivity index (χ1n) is 7.25. The van der Waals surface area contributed by atoms with Crippen LogP contribution in [0.2, 0.25) is 0 Å². The van der Waals surface area contributed by atoms with Gasteiger partial charge in [-0.3, -0.25) is 4.79 Å². The molecule has 5 heteroatoms. The van der Waals surface area contributed by atoms with Crippen molar-refractivity contribution in [2.75, 3.05) is 19.6 Å². The molecule has 1 fully saturated rings. The molecule has 1 aromatic carbocycles. The Morgan fingerprint density at radius 3 is 2.86 bits per heavy atom. The highest BCUT2D eigenvalue weighted by atomic mass is 79.9. The van der Waals surface area contributed by atoms with E-state index in [1.807, 2.05) is 38.1 Å². The maximum Gasteiger partial charge on any atom is 0.230 e. The van der Waals surface area contributed by atoms with E-state index in [0.717, 1.165) is 29.7 Å². The van der Waals surface area contributed by atoms with Crippen LogP contribution in [0.15, 0.2) is 28.7 Å². The zero-order chi connectivity index (χ0) is 14.6. The quantitative estimate of drug-likeness (QED) is 0.848. The summed E-state index contributed by atoms with van der Waals surface area (Å²) >= 11 is 3.47. The van der Waals surface area contributed by atoms with Gasteiger partial charge in [-0.1, -0.05) is 28.1 Å². The first-order chi connectivity index (χ1) is 9.50. The molecule has 21 heavy (non-hydrogen) atoms. The SMILES string of the molecule is CC(C)(C(=O)NCC1CCCNC1)c1cccc(Br)c1.Cl. The summed E-state index contributed by atoms with van der Waals surface area (Å²) in [5.74, 6) is 0.659. The standard InChI is InChI=1S/C16H23BrN2O.ClH/c1-16(2,13-6-3-7-14(17)9-13)15(20)19-11-12-5-4-8-18-10-12;/h3,6-7,9,12,18H,4-5,8,10-11H2,1-2H3,(H,19,20);1H. The molecule has 1 amide bonds. The highest BCUT2D eigenvalue weighted by Crippen LogP contribution is 2.26. The third kappa shape index (κ3) is 4.97. The second kappa shape index (κ2) is 8.16. The zero-order valence-corrected chi connectivity index (χ0v) is 15.0. The minimum Gasteiger partial charge on any atom is -0.355 e. The summed E-state index contributed by atoms with van der Waals surface area (Å²) in [5, 5.41) is 6.50. The molecule has 1 aliphatic heterocycles. The molecule has 2 N–H and O–H groups in total. The van der Waals surface area contributed by atoms with Crippen LogP contribution in [0.4, 0.5) is 0 Å². The third-order valence-corrected chi connectivity index (χ3v) is 4.56. The van der Waals surface area contributed by atoms with Crippen LogP contribution < -0.4 is 10.6 Å². The van der Waals surface area contributed by atoms with Crippen LogP contribution in [-0.4, -0.2) is 25.5 Å². The van der Waals surface area contributed by atoms with Crippen molar-refractivity contribution in [1.29, 1.82) is 0 Å². The summed E-state index contributed by atoms with van der Waals surface area (Å²) < 4.78 is 1.01. The Bertz CT molecular complexity index is 473. The molecular formula is C16H24BrClN2O. The molecule has 1 unspecified atom stereocenters. The Morgan fingerprint density at radius 2 is 2.24 bits per heavy atom. The molecule has 0 aromatic heterocycles. The van der Waals surface area contributed by atoms with Crippen LogP contribution in [0.1, 0.15) is 32.3 Å². The predicted octanol–water partition coefficient (Wildman–Crippen LogP) is 3.26. The fraction of sp³-hybridized carbons (Fsp3) is 0.562. The van der Waals surface area contributed by atoms with Gasteiger partial charge in [-0.05, 0) is 63.4 Å². The number of carbonyl (C=O) groups is 1. The molecule has 0 bridgehead atoms. The van der Waals surface area contributed by atoms with Crippen molar-refractivity contribution in [2.24, 2.45) is 5.92 Å². The van der Waals surface area contributed by atoms with Crippen molar-refractivity contribution >= 4 is 34.2 Å². The lowest BCUT2D eigenvalue weighted by Crippen LogP contribution is -2.44. The van der Waals surface area contributed by atoms with Crippen LogP contribution in [0, 0.1) is 5.92 Å². The van der Waals surface area contributed by atoms with Crippen molar-refractivity contribution in [1.82, 2.24) is 10.6 Å². The Morgan fingerprint density at radius 1 is 1.48 bits per heavy atom. The molecule has 0 saturated carbocycles. The number of hydrogen-bond acceptors (Lipinski definition) is 2. The predicted molar refractivity (Wildman–Crippen MR) is 93.0 cm³/mol. The Hall–Kier alpha value is -0.580. The van der Waals surface area contributed by atoms with Crippen molar-refractivity contribution in [3.63, 3.8) is 0 Å². The van der Waals surface area contributed by atoms with Crippen molar-refractivity contribution in [2.45, 2.75) is 32.1 Å². The summed E-state index contributed by atoms with van der Waals surface area (Å²) in [5.41, 5.74) is 0.525. The Balaban J connectivity index is 0.00000220. The molecule has 2 rings (SSSR count). The summed E-state index contributed by atoms with van der Waals surface area (Å²) in [6.07, 6.45) is 2.40. The van der Waals surface area contributed by atoms with Crippen LogP contribution >= 0.6 is 28.3 Å². The second-order valence-corrected chi connectivity index (χ2v) is 6.97. The van der Waals surface area contributed by atoms with Gasteiger partial charge in [0.25, 0.3) is 0 Å². The molecule has 1 heterocycles. The van der Waals surface area contributed by atoms with Gasteiger partial charge < -0.3 is 10.6 Å². The minimum absolute atomic E-state index is 0. The van der Waals surface area contributed by atoms with E-state index in [4.69, 9.17) is 0 Å². The average Bonchev–Trinajstić information content (AvgIpc) is 2.45. The largest absolute Gasteiger partial charge is 0.355 e. The molecule has 0 spiro atoms. The first kappa shape index (κ1) is 18.5. The van der Waals surface area contributed by atoms with Gasteiger partial charge in [-0.25, -0.2) is 0 Å². The van der Waals surface area contributed by atoms with Gasteiger partial charge in [-0.15, -0.1) is 12.4 Å². The highest BCUT2D eigenvalue weighted by Gasteiger charge is 2.30. The highest BCUT2D eigenvalue weighted by molar-refractivity contribution is 9.10. The zero-order valence-electron chi connectivity index (χ0n) is 12.6. The molecule has 3 nitrogen and oxygen atoms in total. The molecule has 1 saturated heterocycles. The number of benzene rings is 1. The van der Waals surface area contributed by atoms with E-state index in [9.17, 15) is 4.79 Å². The number of halogens is 2. The normalized spacial score (nSPS) is 18.7. The summed E-state index contributed by atoms with van der Waals surface area (Å²) in [4.78, 5) is 12.5. The smallest absolute Gasteiger partial charge is 0.230 e. The van der Waals surface area contributed by atoms with Gasteiger partial charge in [-0.2, -0.15) is 0 Å². The van der Waals surface area contributed by atoms with Crippen molar-refractivity contribution in [3.05, 3.63) is 34.3 Å². The lowest BCUT2D eigenvalue weighted by atomic mass is 9.83. The third-order valence-electron chi connectivity index (χ3n) is 4.06. The van der Waals surface area contributed by atoms with Crippen LogP contribution in [0.3, 0.4) is 0 Å². The number of rotatable bonds is 4. The number of amides is 1. The minimum atomic E-state index is -0.508.